The Morgan fingerprint density at radius 3 is 2.64 bits per heavy atom. The molecule has 7 nitrogen and oxygen atoms in total. The van der Waals surface area contributed by atoms with E-state index in [2.05, 4.69) is 10.2 Å². The summed E-state index contributed by atoms with van der Waals surface area (Å²) in [7, 11) is 0. The molecule has 0 bridgehead atoms. The van der Waals surface area contributed by atoms with Crippen LogP contribution in [0.5, 0.6) is 0 Å². The third-order valence-electron chi connectivity index (χ3n) is 3.76. The zero-order valence-electron chi connectivity index (χ0n) is 12.6. The van der Waals surface area contributed by atoms with E-state index in [1.807, 2.05) is 0 Å². The number of non-ortho nitro benzene ring substituents is 1. The Morgan fingerprint density at radius 1 is 1.32 bits per heavy atom. The van der Waals surface area contributed by atoms with Crippen molar-refractivity contribution >= 4 is 5.69 Å². The van der Waals surface area contributed by atoms with Crippen molar-refractivity contribution < 1.29 is 14.8 Å². The minimum atomic E-state index is -0.649. The van der Waals surface area contributed by atoms with Gasteiger partial charge in [0.2, 0.25) is 0 Å². The Balaban J connectivity index is 1.62. The van der Waals surface area contributed by atoms with Crippen molar-refractivity contribution in [1.82, 2.24) is 10.2 Å². The molecule has 2 rings (SSSR count). The molecule has 0 spiro atoms. The van der Waals surface area contributed by atoms with Crippen molar-refractivity contribution in [2.45, 2.75) is 12.5 Å². The van der Waals surface area contributed by atoms with Gasteiger partial charge in [-0.15, -0.1) is 0 Å². The van der Waals surface area contributed by atoms with Crippen molar-refractivity contribution in [2.24, 2.45) is 0 Å². The molecule has 0 amide bonds. The highest BCUT2D eigenvalue weighted by atomic mass is 16.6. The second-order valence-electron chi connectivity index (χ2n) is 5.38. The predicted molar refractivity (Wildman–Crippen MR) is 82.8 cm³/mol. The molecule has 0 aliphatic carbocycles. The van der Waals surface area contributed by atoms with E-state index in [9.17, 15) is 15.2 Å². The summed E-state index contributed by atoms with van der Waals surface area (Å²) in [5.41, 5.74) is 0.723. The highest BCUT2D eigenvalue weighted by Gasteiger charge is 2.11. The summed E-state index contributed by atoms with van der Waals surface area (Å²) in [6, 6.07) is 6.02. The Morgan fingerprint density at radius 2 is 2.00 bits per heavy atom. The van der Waals surface area contributed by atoms with Crippen LogP contribution in [0.3, 0.4) is 0 Å². The molecule has 0 radical (unpaired) electrons. The number of nitrogens with zero attached hydrogens (tertiary/aromatic N) is 2. The molecule has 1 aliphatic rings. The SMILES string of the molecule is O=[N+]([O-])c1ccc([C@H](O)CNCCCN2CCOCC2)cc1. The van der Waals surface area contributed by atoms with Crippen LogP contribution in [0, 0.1) is 10.1 Å². The van der Waals surface area contributed by atoms with Gasteiger partial charge in [-0.05, 0) is 37.2 Å². The summed E-state index contributed by atoms with van der Waals surface area (Å²) in [5, 5.41) is 23.8. The van der Waals surface area contributed by atoms with Gasteiger partial charge in [-0.3, -0.25) is 15.0 Å². The van der Waals surface area contributed by atoms with Crippen molar-refractivity contribution in [3.63, 3.8) is 0 Å². The summed E-state index contributed by atoms with van der Waals surface area (Å²) in [5.74, 6) is 0. The number of aliphatic hydroxyl groups excluding tert-OH is 1. The maximum absolute atomic E-state index is 10.6. The average Bonchev–Trinajstić information content (AvgIpc) is 2.55. The fraction of sp³-hybridized carbons (Fsp3) is 0.600. The fourth-order valence-electron chi connectivity index (χ4n) is 2.43. The first kappa shape index (κ1) is 16.8. The van der Waals surface area contributed by atoms with Crippen molar-refractivity contribution in [3.8, 4) is 0 Å². The molecule has 1 aromatic rings. The number of nitrogens with one attached hydrogen (secondary N) is 1. The number of rotatable bonds is 8. The zero-order chi connectivity index (χ0) is 15.8. The van der Waals surface area contributed by atoms with Gasteiger partial charge in [0.25, 0.3) is 5.69 Å². The van der Waals surface area contributed by atoms with Gasteiger partial charge in [0.05, 0.1) is 24.2 Å². The van der Waals surface area contributed by atoms with Gasteiger partial charge in [0, 0.05) is 31.8 Å². The number of aliphatic hydroxyl groups is 1. The molecule has 7 heteroatoms. The van der Waals surface area contributed by atoms with Gasteiger partial charge >= 0.3 is 0 Å². The molecule has 1 aliphatic heterocycles. The van der Waals surface area contributed by atoms with E-state index < -0.39 is 11.0 Å². The first-order valence-electron chi connectivity index (χ1n) is 7.60. The standard InChI is InChI=1S/C15H23N3O4/c19-15(13-2-4-14(5-3-13)18(20)21)12-16-6-1-7-17-8-10-22-11-9-17/h2-5,15-16,19H,1,6-12H2/t15-/m1/s1. The van der Waals surface area contributed by atoms with Crippen LogP contribution in [-0.2, 0) is 4.74 Å². The molecule has 22 heavy (non-hydrogen) atoms. The lowest BCUT2D eigenvalue weighted by Gasteiger charge is -2.26. The normalized spacial score (nSPS) is 17.3. The lowest BCUT2D eigenvalue weighted by Crippen LogP contribution is -2.37. The highest BCUT2D eigenvalue weighted by molar-refractivity contribution is 5.33. The molecule has 0 aromatic heterocycles. The molecule has 122 valence electrons. The quantitative estimate of drug-likeness (QED) is 0.422. The van der Waals surface area contributed by atoms with Gasteiger partial charge in [-0.25, -0.2) is 0 Å². The third-order valence-corrected chi connectivity index (χ3v) is 3.76. The van der Waals surface area contributed by atoms with Gasteiger partial charge in [0.1, 0.15) is 0 Å². The fourth-order valence-corrected chi connectivity index (χ4v) is 2.43. The van der Waals surface area contributed by atoms with Gasteiger partial charge < -0.3 is 15.2 Å². The molecule has 1 fully saturated rings. The van der Waals surface area contributed by atoms with Crippen LogP contribution >= 0.6 is 0 Å². The van der Waals surface area contributed by atoms with Crippen LogP contribution < -0.4 is 5.32 Å². The maximum Gasteiger partial charge on any atom is 0.269 e. The van der Waals surface area contributed by atoms with Crippen LogP contribution in [0.4, 0.5) is 5.69 Å². The van der Waals surface area contributed by atoms with Gasteiger partial charge in [0.15, 0.2) is 0 Å². The zero-order valence-corrected chi connectivity index (χ0v) is 12.6. The van der Waals surface area contributed by atoms with E-state index in [1.165, 1.54) is 12.1 Å². The number of hydrogen-bond acceptors (Lipinski definition) is 6. The van der Waals surface area contributed by atoms with Gasteiger partial charge in [-0.2, -0.15) is 0 Å². The lowest BCUT2D eigenvalue weighted by atomic mass is 10.1. The van der Waals surface area contributed by atoms with Crippen LogP contribution in [0.25, 0.3) is 0 Å². The smallest absolute Gasteiger partial charge is 0.269 e. The summed E-state index contributed by atoms with van der Waals surface area (Å²) in [6.07, 6.45) is 0.372. The average molecular weight is 309 g/mol. The van der Waals surface area contributed by atoms with Crippen molar-refractivity contribution in [2.75, 3.05) is 45.9 Å². The monoisotopic (exact) mass is 309 g/mol. The summed E-state index contributed by atoms with van der Waals surface area (Å²) < 4.78 is 5.30. The Bertz CT molecular complexity index is 460. The number of morpholine rings is 1. The number of nitro benzene ring substituents is 1. The second kappa shape index (κ2) is 8.79. The molecular formula is C15H23N3O4. The van der Waals surface area contributed by atoms with E-state index in [1.54, 1.807) is 12.1 Å². The minimum absolute atomic E-state index is 0.0365. The molecule has 1 atom stereocenters. The van der Waals surface area contributed by atoms with E-state index in [0.29, 0.717) is 12.1 Å². The molecule has 0 saturated carbocycles. The van der Waals surface area contributed by atoms with Crippen LogP contribution in [0.2, 0.25) is 0 Å². The topological polar surface area (TPSA) is 87.9 Å². The number of benzene rings is 1. The highest BCUT2D eigenvalue weighted by Crippen LogP contribution is 2.17. The Kier molecular flexibility index (Phi) is 6.73. The number of ether oxygens (including phenoxy) is 1. The molecule has 1 aromatic carbocycles. The molecule has 1 saturated heterocycles. The first-order valence-corrected chi connectivity index (χ1v) is 7.60. The van der Waals surface area contributed by atoms with E-state index >= 15 is 0 Å². The summed E-state index contributed by atoms with van der Waals surface area (Å²) in [4.78, 5) is 12.5. The summed E-state index contributed by atoms with van der Waals surface area (Å²) in [6.45, 7) is 5.92. The van der Waals surface area contributed by atoms with Crippen molar-refractivity contribution in [3.05, 3.63) is 39.9 Å². The molecule has 1 heterocycles. The molecule has 2 N–H and O–H groups in total. The van der Waals surface area contributed by atoms with Crippen LogP contribution in [-0.4, -0.2) is 60.9 Å². The third kappa shape index (κ3) is 5.34. The molecular weight excluding hydrogens is 286 g/mol. The molecule has 0 unspecified atom stereocenters. The largest absolute Gasteiger partial charge is 0.387 e. The predicted octanol–water partition coefficient (Wildman–Crippen LogP) is 0.940. The Hall–Kier alpha value is -1.54. The second-order valence-corrected chi connectivity index (χ2v) is 5.38. The number of nitro groups is 1. The Labute approximate surface area is 130 Å². The van der Waals surface area contributed by atoms with E-state index in [0.717, 1.165) is 45.8 Å². The maximum atomic E-state index is 10.6. The van der Waals surface area contributed by atoms with E-state index in [-0.39, 0.29) is 5.69 Å². The van der Waals surface area contributed by atoms with E-state index in [4.69, 9.17) is 4.74 Å². The number of hydrogen-bond donors (Lipinski definition) is 2. The lowest BCUT2D eigenvalue weighted by molar-refractivity contribution is -0.384. The van der Waals surface area contributed by atoms with Crippen molar-refractivity contribution in [1.29, 1.82) is 0 Å². The first-order chi connectivity index (χ1) is 10.7. The van der Waals surface area contributed by atoms with Gasteiger partial charge in [-0.1, -0.05) is 0 Å². The van der Waals surface area contributed by atoms with Crippen LogP contribution in [0.15, 0.2) is 24.3 Å². The van der Waals surface area contributed by atoms with Crippen LogP contribution in [0.1, 0.15) is 18.1 Å². The minimum Gasteiger partial charge on any atom is -0.387 e. The summed E-state index contributed by atoms with van der Waals surface area (Å²) >= 11 is 0.